The first kappa shape index (κ1) is 12.9. The Labute approximate surface area is 109 Å². The maximum atomic E-state index is 11.7. The molecule has 0 unspecified atom stereocenters. The molecule has 0 atom stereocenters. The third-order valence-electron chi connectivity index (χ3n) is 2.67. The molecule has 0 aliphatic rings. The quantitative estimate of drug-likeness (QED) is 0.841. The number of ether oxygens (including phenoxy) is 2. The summed E-state index contributed by atoms with van der Waals surface area (Å²) in [6, 6.07) is 5.19. The number of primary amides is 1. The van der Waals surface area contributed by atoms with Gasteiger partial charge < -0.3 is 19.6 Å². The molecule has 2 aromatic rings. The zero-order valence-corrected chi connectivity index (χ0v) is 10.6. The highest BCUT2D eigenvalue weighted by atomic mass is 16.5. The number of nitrogens with two attached hydrogens (primary N) is 1. The average molecular weight is 263 g/mol. The Morgan fingerprint density at radius 1 is 1.37 bits per heavy atom. The van der Waals surface area contributed by atoms with E-state index in [2.05, 4.69) is 0 Å². The van der Waals surface area contributed by atoms with Crippen LogP contribution >= 0.6 is 0 Å². The van der Waals surface area contributed by atoms with E-state index in [0.717, 1.165) is 5.39 Å². The first-order chi connectivity index (χ1) is 9.02. The summed E-state index contributed by atoms with van der Waals surface area (Å²) in [5.41, 5.74) is 6.08. The maximum absolute atomic E-state index is 11.7. The number of carbonyl (C=O) groups is 2. The van der Waals surface area contributed by atoms with Gasteiger partial charge in [-0.05, 0) is 25.1 Å². The summed E-state index contributed by atoms with van der Waals surface area (Å²) in [4.78, 5) is 22.3. The van der Waals surface area contributed by atoms with Crippen LogP contribution in [0.2, 0.25) is 0 Å². The fourth-order valence-electron chi connectivity index (χ4n) is 1.72. The van der Waals surface area contributed by atoms with Crippen LogP contribution < -0.4 is 10.5 Å². The Balaban J connectivity index is 2.36. The van der Waals surface area contributed by atoms with Crippen molar-refractivity contribution in [3.05, 3.63) is 29.5 Å². The molecule has 0 aliphatic carbocycles. The van der Waals surface area contributed by atoms with Crippen molar-refractivity contribution in [2.45, 2.75) is 6.92 Å². The van der Waals surface area contributed by atoms with E-state index in [1.54, 1.807) is 32.2 Å². The molecule has 6 nitrogen and oxygen atoms in total. The largest absolute Gasteiger partial charge is 0.497 e. The highest BCUT2D eigenvalue weighted by Gasteiger charge is 2.19. The molecule has 1 heterocycles. The van der Waals surface area contributed by atoms with Gasteiger partial charge in [-0.2, -0.15) is 0 Å². The van der Waals surface area contributed by atoms with Crippen LogP contribution in [0.5, 0.6) is 5.75 Å². The van der Waals surface area contributed by atoms with Gasteiger partial charge in [0.05, 0.1) is 7.11 Å². The monoisotopic (exact) mass is 263 g/mol. The van der Waals surface area contributed by atoms with Crippen LogP contribution in [-0.2, 0) is 9.53 Å². The van der Waals surface area contributed by atoms with E-state index in [1.807, 2.05) is 0 Å². The van der Waals surface area contributed by atoms with Crippen molar-refractivity contribution < 1.29 is 23.5 Å². The zero-order valence-electron chi connectivity index (χ0n) is 10.6. The normalized spacial score (nSPS) is 10.4. The minimum Gasteiger partial charge on any atom is -0.497 e. The molecule has 0 aliphatic heterocycles. The number of amides is 1. The number of benzene rings is 1. The predicted octanol–water partition coefficient (Wildman–Crippen LogP) is 1.39. The smallest absolute Gasteiger partial charge is 0.375 e. The first-order valence-corrected chi connectivity index (χ1v) is 5.55. The predicted molar refractivity (Wildman–Crippen MR) is 67.0 cm³/mol. The zero-order chi connectivity index (χ0) is 14.0. The van der Waals surface area contributed by atoms with Crippen LogP contribution in [0, 0.1) is 6.92 Å². The fourth-order valence-corrected chi connectivity index (χ4v) is 1.72. The van der Waals surface area contributed by atoms with Crippen molar-refractivity contribution in [1.29, 1.82) is 0 Å². The molecule has 0 radical (unpaired) electrons. The molecular formula is C13H13NO5. The van der Waals surface area contributed by atoms with Gasteiger partial charge >= 0.3 is 5.97 Å². The summed E-state index contributed by atoms with van der Waals surface area (Å²) in [6.07, 6.45) is 0. The van der Waals surface area contributed by atoms with E-state index >= 15 is 0 Å². The molecule has 0 bridgehead atoms. The van der Waals surface area contributed by atoms with Crippen molar-refractivity contribution in [2.24, 2.45) is 5.73 Å². The van der Waals surface area contributed by atoms with E-state index in [1.165, 1.54) is 0 Å². The second kappa shape index (κ2) is 5.01. The van der Waals surface area contributed by atoms with Gasteiger partial charge in [0.25, 0.3) is 5.91 Å². The van der Waals surface area contributed by atoms with Crippen LogP contribution in [-0.4, -0.2) is 25.6 Å². The first-order valence-electron chi connectivity index (χ1n) is 5.55. The summed E-state index contributed by atoms with van der Waals surface area (Å²) >= 11 is 0. The summed E-state index contributed by atoms with van der Waals surface area (Å²) < 4.78 is 15.2. The molecule has 2 rings (SSSR count). The molecule has 0 saturated heterocycles. The van der Waals surface area contributed by atoms with Gasteiger partial charge in [-0.25, -0.2) is 4.79 Å². The number of carbonyl (C=O) groups excluding carboxylic acids is 2. The standard InChI is InChI=1S/C13H13NO5/c1-7-9-5-8(17-2)3-4-10(9)19-12(7)13(16)18-6-11(14)15/h3-5H,6H2,1-2H3,(H2,14,15). The molecule has 100 valence electrons. The third-order valence-corrected chi connectivity index (χ3v) is 2.67. The lowest BCUT2D eigenvalue weighted by Gasteiger charge is -1.99. The number of rotatable bonds is 4. The van der Waals surface area contributed by atoms with Gasteiger partial charge in [0, 0.05) is 10.9 Å². The average Bonchev–Trinajstić information content (AvgIpc) is 2.73. The molecule has 0 saturated carbocycles. The Hall–Kier alpha value is -2.50. The lowest BCUT2D eigenvalue weighted by Crippen LogP contribution is -2.20. The minimum absolute atomic E-state index is 0.0597. The highest BCUT2D eigenvalue weighted by Crippen LogP contribution is 2.29. The van der Waals surface area contributed by atoms with Crippen molar-refractivity contribution in [3.8, 4) is 5.75 Å². The molecular weight excluding hydrogens is 250 g/mol. The van der Waals surface area contributed by atoms with E-state index < -0.39 is 18.5 Å². The van der Waals surface area contributed by atoms with Crippen molar-refractivity contribution >= 4 is 22.8 Å². The SMILES string of the molecule is COc1ccc2oc(C(=O)OCC(N)=O)c(C)c2c1. The van der Waals surface area contributed by atoms with E-state index in [0.29, 0.717) is 16.9 Å². The molecule has 6 heteroatoms. The van der Waals surface area contributed by atoms with Gasteiger partial charge in [0.2, 0.25) is 5.76 Å². The van der Waals surface area contributed by atoms with Gasteiger partial charge in [0.15, 0.2) is 6.61 Å². The van der Waals surface area contributed by atoms with Crippen LogP contribution in [0.25, 0.3) is 11.0 Å². The molecule has 1 aromatic carbocycles. The number of aryl methyl sites for hydroxylation is 1. The number of fused-ring (bicyclic) bond motifs is 1. The third kappa shape index (κ3) is 2.52. The molecule has 1 aromatic heterocycles. The van der Waals surface area contributed by atoms with Crippen LogP contribution in [0.15, 0.2) is 22.6 Å². The number of hydrogen-bond donors (Lipinski definition) is 1. The summed E-state index contributed by atoms with van der Waals surface area (Å²) in [5, 5.41) is 0.755. The van der Waals surface area contributed by atoms with Gasteiger partial charge in [-0.15, -0.1) is 0 Å². The fraction of sp³-hybridized carbons (Fsp3) is 0.231. The minimum atomic E-state index is -0.719. The Bertz CT molecular complexity index is 644. The van der Waals surface area contributed by atoms with Gasteiger partial charge in [0.1, 0.15) is 11.3 Å². The molecule has 0 spiro atoms. The number of furan rings is 1. The van der Waals surface area contributed by atoms with E-state index in [4.69, 9.17) is 19.6 Å². The Kier molecular flexibility index (Phi) is 3.41. The van der Waals surface area contributed by atoms with Crippen LogP contribution in [0.4, 0.5) is 0 Å². The van der Waals surface area contributed by atoms with Crippen LogP contribution in [0.3, 0.4) is 0 Å². The second-order valence-corrected chi connectivity index (χ2v) is 3.96. The maximum Gasteiger partial charge on any atom is 0.375 e. The highest BCUT2D eigenvalue weighted by molar-refractivity contribution is 5.97. The van der Waals surface area contributed by atoms with Crippen molar-refractivity contribution in [1.82, 2.24) is 0 Å². The summed E-state index contributed by atoms with van der Waals surface area (Å²) in [6.45, 7) is 1.25. The Morgan fingerprint density at radius 2 is 2.11 bits per heavy atom. The topological polar surface area (TPSA) is 91.8 Å². The van der Waals surface area contributed by atoms with Gasteiger partial charge in [-0.3, -0.25) is 4.79 Å². The van der Waals surface area contributed by atoms with Crippen molar-refractivity contribution in [2.75, 3.05) is 13.7 Å². The second-order valence-electron chi connectivity index (χ2n) is 3.96. The number of esters is 1. The van der Waals surface area contributed by atoms with Gasteiger partial charge in [-0.1, -0.05) is 0 Å². The lowest BCUT2D eigenvalue weighted by molar-refractivity contribution is -0.121. The summed E-state index contributed by atoms with van der Waals surface area (Å²) in [5.74, 6) is -0.715. The molecule has 19 heavy (non-hydrogen) atoms. The molecule has 0 fully saturated rings. The number of methoxy groups -OCH3 is 1. The summed E-state index contributed by atoms with van der Waals surface area (Å²) in [7, 11) is 1.55. The molecule has 1 amide bonds. The number of hydrogen-bond acceptors (Lipinski definition) is 5. The Morgan fingerprint density at radius 3 is 2.74 bits per heavy atom. The van der Waals surface area contributed by atoms with Crippen molar-refractivity contribution in [3.63, 3.8) is 0 Å². The lowest BCUT2D eigenvalue weighted by atomic mass is 10.1. The van der Waals surface area contributed by atoms with E-state index in [-0.39, 0.29) is 5.76 Å². The molecule has 2 N–H and O–H groups in total. The van der Waals surface area contributed by atoms with Crippen LogP contribution in [0.1, 0.15) is 16.1 Å². The van der Waals surface area contributed by atoms with E-state index in [9.17, 15) is 9.59 Å².